The van der Waals surface area contributed by atoms with Gasteiger partial charge in [-0.2, -0.15) is 14.6 Å². The van der Waals surface area contributed by atoms with Gasteiger partial charge in [-0.25, -0.2) is 4.98 Å². The Morgan fingerprint density at radius 3 is 2.95 bits per heavy atom. The minimum Gasteiger partial charge on any atom is -0.491 e. The Morgan fingerprint density at radius 1 is 1.14 bits per heavy atom. The number of rotatable bonds is 4. The molecule has 6 heteroatoms. The highest BCUT2D eigenvalue weighted by atomic mass is 16.5. The molecule has 0 bridgehead atoms. The molecule has 0 amide bonds. The van der Waals surface area contributed by atoms with Gasteiger partial charge in [-0.1, -0.05) is 18.2 Å². The van der Waals surface area contributed by atoms with Gasteiger partial charge in [-0.05, 0) is 31.0 Å². The molecule has 0 spiro atoms. The molecule has 6 nitrogen and oxygen atoms in total. The van der Waals surface area contributed by atoms with Gasteiger partial charge in [0.15, 0.2) is 0 Å². The summed E-state index contributed by atoms with van der Waals surface area (Å²) in [5.74, 6) is 2.57. The van der Waals surface area contributed by atoms with Gasteiger partial charge >= 0.3 is 0 Å². The molecule has 1 aromatic carbocycles. The van der Waals surface area contributed by atoms with Crippen molar-refractivity contribution in [3.8, 4) is 5.75 Å². The largest absolute Gasteiger partial charge is 0.491 e. The van der Waals surface area contributed by atoms with Crippen LogP contribution in [-0.4, -0.2) is 38.8 Å². The second-order valence-electron chi connectivity index (χ2n) is 5.39. The fourth-order valence-corrected chi connectivity index (χ4v) is 2.96. The monoisotopic (exact) mass is 295 g/mol. The van der Waals surface area contributed by atoms with Crippen molar-refractivity contribution < 1.29 is 4.74 Å². The van der Waals surface area contributed by atoms with Gasteiger partial charge in [0.2, 0.25) is 0 Å². The van der Waals surface area contributed by atoms with Crippen molar-refractivity contribution >= 4 is 11.6 Å². The third-order valence-electron chi connectivity index (χ3n) is 4.02. The van der Waals surface area contributed by atoms with Gasteiger partial charge in [-0.3, -0.25) is 0 Å². The minimum atomic E-state index is 0.343. The molecule has 0 unspecified atom stereocenters. The molecule has 1 fully saturated rings. The lowest BCUT2D eigenvalue weighted by atomic mass is 10.2. The molecule has 3 heterocycles. The Morgan fingerprint density at radius 2 is 2.05 bits per heavy atom. The third kappa shape index (κ3) is 2.36. The Bertz CT molecular complexity index is 757. The number of hydrogen-bond acceptors (Lipinski definition) is 5. The van der Waals surface area contributed by atoms with Crippen LogP contribution in [0.2, 0.25) is 0 Å². The van der Waals surface area contributed by atoms with Crippen LogP contribution in [0.5, 0.6) is 5.75 Å². The number of benzene rings is 1. The summed E-state index contributed by atoms with van der Waals surface area (Å²) >= 11 is 0. The first-order valence-corrected chi connectivity index (χ1v) is 7.51. The normalized spacial score (nSPS) is 18.0. The summed E-state index contributed by atoms with van der Waals surface area (Å²) in [7, 11) is 0. The maximum Gasteiger partial charge on any atom is 0.254 e. The fraction of sp³-hybridized carbons (Fsp3) is 0.312. The average Bonchev–Trinajstić information content (AvgIpc) is 3.22. The van der Waals surface area contributed by atoms with Crippen LogP contribution in [0, 0.1) is 0 Å². The van der Waals surface area contributed by atoms with Gasteiger partial charge in [0.1, 0.15) is 24.5 Å². The molecule has 0 aliphatic carbocycles. The number of ether oxygens (including phenoxy) is 1. The Hall–Kier alpha value is -2.63. The van der Waals surface area contributed by atoms with E-state index in [1.165, 1.54) is 6.33 Å². The molecule has 1 saturated heterocycles. The highest BCUT2D eigenvalue weighted by Gasteiger charge is 2.27. The van der Waals surface area contributed by atoms with Crippen molar-refractivity contribution in [2.45, 2.75) is 18.9 Å². The lowest BCUT2D eigenvalue weighted by Gasteiger charge is -2.26. The van der Waals surface area contributed by atoms with Crippen LogP contribution in [0.3, 0.4) is 0 Å². The quantitative estimate of drug-likeness (QED) is 0.738. The van der Waals surface area contributed by atoms with E-state index in [-0.39, 0.29) is 0 Å². The fourth-order valence-electron chi connectivity index (χ4n) is 2.96. The molecule has 112 valence electrons. The first-order valence-electron chi connectivity index (χ1n) is 7.51. The number of nitrogens with zero attached hydrogens (tertiary/aromatic N) is 5. The highest BCUT2D eigenvalue weighted by molar-refractivity contribution is 5.46. The lowest BCUT2D eigenvalue weighted by molar-refractivity contribution is 0.288. The molecule has 0 N–H and O–H groups in total. The zero-order chi connectivity index (χ0) is 14.8. The smallest absolute Gasteiger partial charge is 0.254 e. The minimum absolute atomic E-state index is 0.343. The number of hydrogen-bond donors (Lipinski definition) is 0. The molecular formula is C16H17N5O. The standard InChI is InChI=1S/C16H17N5O/c1-2-6-14(7-3-1)22-11-13-5-4-10-20(13)15-8-9-17-16-18-12-19-21(15)16/h1-3,6-9,12-13H,4-5,10-11H2/t13-/m1/s1. The predicted molar refractivity (Wildman–Crippen MR) is 83.1 cm³/mol. The zero-order valence-electron chi connectivity index (χ0n) is 12.2. The summed E-state index contributed by atoms with van der Waals surface area (Å²) in [6.07, 6.45) is 5.59. The molecule has 0 saturated carbocycles. The summed E-state index contributed by atoms with van der Waals surface area (Å²) in [5, 5.41) is 4.28. The molecule has 0 radical (unpaired) electrons. The van der Waals surface area contributed by atoms with Crippen LogP contribution in [0.15, 0.2) is 48.9 Å². The van der Waals surface area contributed by atoms with E-state index in [0.29, 0.717) is 18.4 Å². The van der Waals surface area contributed by atoms with E-state index < -0.39 is 0 Å². The van der Waals surface area contributed by atoms with E-state index >= 15 is 0 Å². The van der Waals surface area contributed by atoms with E-state index in [1.807, 2.05) is 36.4 Å². The lowest BCUT2D eigenvalue weighted by Crippen LogP contribution is -2.35. The SMILES string of the molecule is c1ccc(OC[C@H]2CCCN2c2ccnc3ncnn23)cc1. The third-order valence-corrected chi connectivity index (χ3v) is 4.02. The molecule has 2 aromatic heterocycles. The van der Waals surface area contributed by atoms with E-state index in [9.17, 15) is 0 Å². The number of para-hydroxylation sites is 1. The van der Waals surface area contributed by atoms with Crippen molar-refractivity contribution in [3.05, 3.63) is 48.9 Å². The summed E-state index contributed by atoms with van der Waals surface area (Å²) in [6, 6.07) is 12.3. The molecule has 1 aliphatic rings. The summed E-state index contributed by atoms with van der Waals surface area (Å²) in [4.78, 5) is 10.7. The maximum atomic E-state index is 5.93. The van der Waals surface area contributed by atoms with Gasteiger partial charge in [0.25, 0.3) is 5.78 Å². The van der Waals surface area contributed by atoms with Crippen molar-refractivity contribution in [1.82, 2.24) is 19.6 Å². The molecular weight excluding hydrogens is 278 g/mol. The van der Waals surface area contributed by atoms with Gasteiger partial charge in [-0.15, -0.1) is 0 Å². The van der Waals surface area contributed by atoms with E-state index in [1.54, 1.807) is 10.7 Å². The first-order chi connectivity index (χ1) is 10.9. The van der Waals surface area contributed by atoms with Crippen LogP contribution < -0.4 is 9.64 Å². The van der Waals surface area contributed by atoms with Crippen molar-refractivity contribution in [3.63, 3.8) is 0 Å². The summed E-state index contributed by atoms with van der Waals surface area (Å²) < 4.78 is 7.73. The van der Waals surface area contributed by atoms with E-state index in [4.69, 9.17) is 4.74 Å². The summed E-state index contributed by atoms with van der Waals surface area (Å²) in [5.41, 5.74) is 0. The second-order valence-corrected chi connectivity index (χ2v) is 5.39. The van der Waals surface area contributed by atoms with Crippen molar-refractivity contribution in [2.75, 3.05) is 18.1 Å². The van der Waals surface area contributed by atoms with Crippen molar-refractivity contribution in [2.24, 2.45) is 0 Å². The van der Waals surface area contributed by atoms with E-state index in [2.05, 4.69) is 20.0 Å². The second kappa shape index (κ2) is 5.63. The number of aromatic nitrogens is 4. The molecule has 3 aromatic rings. The first kappa shape index (κ1) is 13.1. The highest BCUT2D eigenvalue weighted by Crippen LogP contribution is 2.25. The van der Waals surface area contributed by atoms with Crippen LogP contribution in [0.1, 0.15) is 12.8 Å². The predicted octanol–water partition coefficient (Wildman–Crippen LogP) is 2.17. The van der Waals surface area contributed by atoms with Crippen LogP contribution in [0.4, 0.5) is 5.82 Å². The van der Waals surface area contributed by atoms with Crippen molar-refractivity contribution in [1.29, 1.82) is 0 Å². The molecule has 22 heavy (non-hydrogen) atoms. The number of anilines is 1. The van der Waals surface area contributed by atoms with Gasteiger partial charge in [0, 0.05) is 12.7 Å². The van der Waals surface area contributed by atoms with Crippen LogP contribution in [0.25, 0.3) is 5.78 Å². The molecule has 1 aliphatic heterocycles. The molecule has 1 atom stereocenters. The average molecular weight is 295 g/mol. The molecule has 4 rings (SSSR count). The summed E-state index contributed by atoms with van der Waals surface area (Å²) in [6.45, 7) is 1.67. The maximum absolute atomic E-state index is 5.93. The van der Waals surface area contributed by atoms with Crippen LogP contribution in [-0.2, 0) is 0 Å². The Labute approximate surface area is 128 Å². The Balaban J connectivity index is 1.55. The van der Waals surface area contributed by atoms with Crippen LogP contribution >= 0.6 is 0 Å². The zero-order valence-corrected chi connectivity index (χ0v) is 12.2. The van der Waals surface area contributed by atoms with Gasteiger partial charge in [0.05, 0.1) is 6.04 Å². The Kier molecular flexibility index (Phi) is 3.34. The van der Waals surface area contributed by atoms with Gasteiger partial charge < -0.3 is 9.64 Å². The van der Waals surface area contributed by atoms with E-state index in [0.717, 1.165) is 31.0 Å². The topological polar surface area (TPSA) is 55.5 Å². The number of fused-ring (bicyclic) bond motifs is 1.